The maximum absolute atomic E-state index is 12.9. The third kappa shape index (κ3) is 2.19. The van der Waals surface area contributed by atoms with Crippen molar-refractivity contribution in [3.05, 3.63) is 30.0 Å². The Morgan fingerprint density at radius 1 is 1.29 bits per heavy atom. The van der Waals surface area contributed by atoms with Crippen molar-refractivity contribution < 1.29 is 19.1 Å². The van der Waals surface area contributed by atoms with Gasteiger partial charge in [-0.3, -0.25) is 9.69 Å². The van der Waals surface area contributed by atoms with Gasteiger partial charge in [-0.15, -0.1) is 0 Å². The first-order valence-electron chi connectivity index (χ1n) is 7.94. The van der Waals surface area contributed by atoms with Crippen LogP contribution in [0, 0.1) is 0 Å². The molecule has 0 radical (unpaired) electrons. The number of hydrogen-bond acceptors (Lipinski definition) is 4. The SMILES string of the molecule is COc1ccc2cc(C(=O)N3CCN4C(=O)OCC4C3)n(C)c2c1. The maximum Gasteiger partial charge on any atom is 0.410 e. The average molecular weight is 329 g/mol. The van der Waals surface area contributed by atoms with Crippen LogP contribution in [-0.4, -0.2) is 65.8 Å². The summed E-state index contributed by atoms with van der Waals surface area (Å²) < 4.78 is 12.2. The molecule has 3 heterocycles. The molecule has 0 spiro atoms. The predicted molar refractivity (Wildman–Crippen MR) is 87.2 cm³/mol. The number of piperazine rings is 1. The van der Waals surface area contributed by atoms with Crippen LogP contribution < -0.4 is 4.74 Å². The van der Waals surface area contributed by atoms with Gasteiger partial charge in [-0.2, -0.15) is 0 Å². The van der Waals surface area contributed by atoms with E-state index in [2.05, 4.69) is 0 Å². The van der Waals surface area contributed by atoms with Crippen LogP contribution in [0.25, 0.3) is 10.9 Å². The minimum absolute atomic E-state index is 0.0216. The average Bonchev–Trinajstić information content (AvgIpc) is 3.14. The van der Waals surface area contributed by atoms with Crippen LogP contribution in [0.3, 0.4) is 0 Å². The summed E-state index contributed by atoms with van der Waals surface area (Å²) in [5.41, 5.74) is 1.59. The zero-order valence-electron chi connectivity index (χ0n) is 13.7. The zero-order chi connectivity index (χ0) is 16.8. The van der Waals surface area contributed by atoms with Gasteiger partial charge in [0.2, 0.25) is 0 Å². The van der Waals surface area contributed by atoms with Crippen LogP contribution in [0.5, 0.6) is 5.75 Å². The fourth-order valence-corrected chi connectivity index (χ4v) is 3.48. The molecule has 0 bridgehead atoms. The Morgan fingerprint density at radius 3 is 2.92 bits per heavy atom. The summed E-state index contributed by atoms with van der Waals surface area (Å²) in [4.78, 5) is 28.0. The lowest BCUT2D eigenvalue weighted by atomic mass is 10.2. The molecule has 7 nitrogen and oxygen atoms in total. The van der Waals surface area contributed by atoms with Crippen molar-refractivity contribution in [2.24, 2.45) is 7.05 Å². The number of benzene rings is 1. The number of hydrogen-bond donors (Lipinski definition) is 0. The van der Waals surface area contributed by atoms with Crippen molar-refractivity contribution in [2.45, 2.75) is 6.04 Å². The molecule has 0 N–H and O–H groups in total. The molecule has 2 aliphatic rings. The highest BCUT2D eigenvalue weighted by molar-refractivity contribution is 5.99. The van der Waals surface area contributed by atoms with Gasteiger partial charge >= 0.3 is 6.09 Å². The standard InChI is InChI=1S/C17H19N3O4/c1-18-14-8-13(23-2)4-3-11(14)7-15(18)16(21)19-5-6-20-12(9-19)10-24-17(20)22/h3-4,7-8,12H,5-6,9-10H2,1-2H3. The minimum Gasteiger partial charge on any atom is -0.497 e. The van der Waals surface area contributed by atoms with E-state index in [0.717, 1.165) is 16.7 Å². The predicted octanol–water partition coefficient (Wildman–Crippen LogP) is 1.46. The smallest absolute Gasteiger partial charge is 0.410 e. The first-order chi connectivity index (χ1) is 11.6. The number of amides is 2. The maximum atomic E-state index is 12.9. The normalized spacial score (nSPS) is 20.2. The Morgan fingerprint density at radius 2 is 2.12 bits per heavy atom. The largest absolute Gasteiger partial charge is 0.497 e. The summed E-state index contributed by atoms with van der Waals surface area (Å²) in [6, 6.07) is 7.63. The minimum atomic E-state index is -0.274. The van der Waals surface area contributed by atoms with E-state index in [4.69, 9.17) is 9.47 Å². The van der Waals surface area contributed by atoms with Crippen molar-refractivity contribution in [1.82, 2.24) is 14.4 Å². The van der Waals surface area contributed by atoms with Crippen molar-refractivity contribution >= 4 is 22.9 Å². The molecule has 2 aromatic rings. The number of cyclic esters (lactones) is 1. The Kier molecular flexibility index (Phi) is 3.37. The second kappa shape index (κ2) is 5.43. The summed E-state index contributed by atoms with van der Waals surface area (Å²) in [5.74, 6) is 0.740. The molecule has 1 aromatic heterocycles. The Hall–Kier alpha value is -2.70. The Bertz CT molecular complexity index is 829. The number of ether oxygens (including phenoxy) is 2. The molecule has 1 aromatic carbocycles. The van der Waals surface area contributed by atoms with E-state index < -0.39 is 0 Å². The van der Waals surface area contributed by atoms with Crippen molar-refractivity contribution in [3.8, 4) is 5.75 Å². The molecule has 2 aliphatic heterocycles. The van der Waals surface area contributed by atoms with E-state index in [-0.39, 0.29) is 18.0 Å². The molecule has 24 heavy (non-hydrogen) atoms. The molecule has 0 aliphatic carbocycles. The topological polar surface area (TPSA) is 64.0 Å². The molecule has 2 amide bonds. The van der Waals surface area contributed by atoms with E-state index in [1.807, 2.05) is 35.9 Å². The second-order valence-electron chi connectivity index (χ2n) is 6.19. The second-order valence-corrected chi connectivity index (χ2v) is 6.19. The molecular formula is C17H19N3O4. The number of fused-ring (bicyclic) bond motifs is 2. The summed E-state index contributed by atoms with van der Waals surface area (Å²) in [6.45, 7) is 1.91. The molecule has 1 atom stereocenters. The molecule has 0 saturated carbocycles. The highest BCUT2D eigenvalue weighted by Crippen LogP contribution is 2.26. The number of methoxy groups -OCH3 is 1. The fraction of sp³-hybridized carbons (Fsp3) is 0.412. The first kappa shape index (κ1) is 14.9. The van der Waals surface area contributed by atoms with Crippen molar-refractivity contribution in [2.75, 3.05) is 33.4 Å². The first-order valence-corrected chi connectivity index (χ1v) is 7.94. The van der Waals surface area contributed by atoms with Gasteiger partial charge < -0.3 is 18.9 Å². The van der Waals surface area contributed by atoms with Gasteiger partial charge in [0.05, 0.1) is 18.7 Å². The van der Waals surface area contributed by atoms with Crippen LogP contribution in [0.15, 0.2) is 24.3 Å². The highest BCUT2D eigenvalue weighted by atomic mass is 16.6. The lowest BCUT2D eigenvalue weighted by molar-refractivity contribution is 0.0608. The van der Waals surface area contributed by atoms with Crippen molar-refractivity contribution in [3.63, 3.8) is 0 Å². The third-order valence-corrected chi connectivity index (χ3v) is 4.88. The van der Waals surface area contributed by atoms with Crippen LogP contribution in [0.2, 0.25) is 0 Å². The Balaban J connectivity index is 1.62. The third-order valence-electron chi connectivity index (χ3n) is 4.88. The quantitative estimate of drug-likeness (QED) is 0.837. The number of nitrogens with zero attached hydrogens (tertiary/aromatic N) is 3. The molecule has 4 rings (SSSR count). The van der Waals surface area contributed by atoms with Crippen LogP contribution in [0.4, 0.5) is 4.79 Å². The molecule has 2 fully saturated rings. The van der Waals surface area contributed by atoms with Gasteiger partial charge in [-0.05, 0) is 18.2 Å². The van der Waals surface area contributed by atoms with Gasteiger partial charge in [0.15, 0.2) is 0 Å². The van der Waals surface area contributed by atoms with E-state index in [9.17, 15) is 9.59 Å². The molecular weight excluding hydrogens is 310 g/mol. The van der Waals surface area contributed by atoms with Gasteiger partial charge in [-0.1, -0.05) is 0 Å². The van der Waals surface area contributed by atoms with Gasteiger partial charge in [0.25, 0.3) is 5.91 Å². The zero-order valence-corrected chi connectivity index (χ0v) is 13.7. The van der Waals surface area contributed by atoms with E-state index in [1.54, 1.807) is 16.9 Å². The molecule has 2 saturated heterocycles. The van der Waals surface area contributed by atoms with Gasteiger partial charge in [-0.25, -0.2) is 4.79 Å². The van der Waals surface area contributed by atoms with Crippen LogP contribution in [0.1, 0.15) is 10.5 Å². The molecule has 126 valence electrons. The van der Waals surface area contributed by atoms with E-state index in [1.165, 1.54) is 0 Å². The van der Waals surface area contributed by atoms with Crippen LogP contribution >= 0.6 is 0 Å². The van der Waals surface area contributed by atoms with E-state index in [0.29, 0.717) is 31.9 Å². The Labute approximate surface area is 139 Å². The number of rotatable bonds is 2. The summed E-state index contributed by atoms with van der Waals surface area (Å²) >= 11 is 0. The summed E-state index contributed by atoms with van der Waals surface area (Å²) in [6.07, 6.45) is -0.274. The van der Waals surface area contributed by atoms with Crippen LogP contribution in [-0.2, 0) is 11.8 Å². The lowest BCUT2D eigenvalue weighted by Crippen LogP contribution is -2.53. The van der Waals surface area contributed by atoms with Gasteiger partial charge in [0.1, 0.15) is 18.1 Å². The fourth-order valence-electron chi connectivity index (χ4n) is 3.48. The number of carbonyl (C=O) groups excluding carboxylic acids is 2. The van der Waals surface area contributed by atoms with Gasteiger partial charge in [0, 0.05) is 38.1 Å². The van der Waals surface area contributed by atoms with E-state index >= 15 is 0 Å². The number of carbonyl (C=O) groups is 2. The molecule has 1 unspecified atom stereocenters. The lowest BCUT2D eigenvalue weighted by Gasteiger charge is -2.35. The summed E-state index contributed by atoms with van der Waals surface area (Å²) in [7, 11) is 3.51. The number of aryl methyl sites for hydroxylation is 1. The monoisotopic (exact) mass is 329 g/mol. The number of aromatic nitrogens is 1. The van der Waals surface area contributed by atoms with Crippen molar-refractivity contribution in [1.29, 1.82) is 0 Å². The summed E-state index contributed by atoms with van der Waals surface area (Å²) in [5, 5.41) is 1.000. The highest BCUT2D eigenvalue weighted by Gasteiger charge is 2.39. The molecule has 7 heteroatoms.